The SMILES string of the molecule is C[C@H](NC=O)c1cccc(Cl)c1. The van der Waals surface area contributed by atoms with Gasteiger partial charge in [0.2, 0.25) is 6.41 Å². The van der Waals surface area contributed by atoms with E-state index in [4.69, 9.17) is 11.6 Å². The Morgan fingerprint density at radius 2 is 2.33 bits per heavy atom. The van der Waals surface area contributed by atoms with Gasteiger partial charge in [-0.2, -0.15) is 0 Å². The molecular formula is C9H10ClNO. The van der Waals surface area contributed by atoms with Crippen molar-refractivity contribution in [2.24, 2.45) is 0 Å². The van der Waals surface area contributed by atoms with Crippen LogP contribution in [0.4, 0.5) is 0 Å². The van der Waals surface area contributed by atoms with Crippen LogP contribution < -0.4 is 5.32 Å². The molecule has 1 N–H and O–H groups in total. The van der Waals surface area contributed by atoms with Crippen LogP contribution in [0.2, 0.25) is 5.02 Å². The zero-order valence-electron chi connectivity index (χ0n) is 6.75. The molecule has 64 valence electrons. The van der Waals surface area contributed by atoms with Gasteiger partial charge in [0.05, 0.1) is 6.04 Å². The maximum Gasteiger partial charge on any atom is 0.207 e. The summed E-state index contributed by atoms with van der Waals surface area (Å²) in [6.45, 7) is 1.90. The quantitative estimate of drug-likeness (QED) is 0.715. The number of hydrogen-bond donors (Lipinski definition) is 1. The third-order valence-electron chi connectivity index (χ3n) is 1.67. The van der Waals surface area contributed by atoms with Crippen molar-refractivity contribution in [3.63, 3.8) is 0 Å². The van der Waals surface area contributed by atoms with Gasteiger partial charge in [-0.15, -0.1) is 0 Å². The zero-order chi connectivity index (χ0) is 8.97. The van der Waals surface area contributed by atoms with Crippen molar-refractivity contribution in [2.75, 3.05) is 0 Å². The second kappa shape index (κ2) is 4.12. The van der Waals surface area contributed by atoms with Gasteiger partial charge in [0.15, 0.2) is 0 Å². The van der Waals surface area contributed by atoms with E-state index in [1.807, 2.05) is 25.1 Å². The standard InChI is InChI=1S/C9H10ClNO/c1-7(11-6-12)8-3-2-4-9(10)5-8/h2-7H,1H3,(H,11,12)/t7-/m0/s1. The maximum absolute atomic E-state index is 10.1. The lowest BCUT2D eigenvalue weighted by atomic mass is 10.1. The minimum Gasteiger partial charge on any atom is -0.352 e. The van der Waals surface area contributed by atoms with E-state index in [0.29, 0.717) is 11.4 Å². The molecule has 0 saturated heterocycles. The summed E-state index contributed by atoms with van der Waals surface area (Å²) in [6, 6.07) is 7.44. The number of carbonyl (C=O) groups excluding carboxylic acids is 1. The Kier molecular flexibility index (Phi) is 3.11. The maximum atomic E-state index is 10.1. The minimum atomic E-state index is 0.0150. The molecule has 0 fully saturated rings. The van der Waals surface area contributed by atoms with Crippen LogP contribution in [0, 0.1) is 0 Å². The smallest absolute Gasteiger partial charge is 0.207 e. The molecule has 0 saturated carbocycles. The molecule has 1 aromatic rings. The first-order valence-corrected chi connectivity index (χ1v) is 4.07. The fourth-order valence-electron chi connectivity index (χ4n) is 0.974. The minimum absolute atomic E-state index is 0.0150. The second-order valence-electron chi connectivity index (χ2n) is 2.56. The van der Waals surface area contributed by atoms with E-state index in [2.05, 4.69) is 5.32 Å². The zero-order valence-corrected chi connectivity index (χ0v) is 7.51. The van der Waals surface area contributed by atoms with Crippen molar-refractivity contribution in [1.82, 2.24) is 5.32 Å². The molecule has 0 aliphatic rings. The van der Waals surface area contributed by atoms with Gasteiger partial charge in [-0.3, -0.25) is 4.79 Å². The number of hydrogen-bond acceptors (Lipinski definition) is 1. The van der Waals surface area contributed by atoms with Gasteiger partial charge >= 0.3 is 0 Å². The molecule has 0 aromatic heterocycles. The molecule has 0 heterocycles. The van der Waals surface area contributed by atoms with Gasteiger partial charge in [0.1, 0.15) is 0 Å². The molecule has 0 bridgehead atoms. The number of amides is 1. The number of nitrogens with one attached hydrogen (secondary N) is 1. The monoisotopic (exact) mass is 183 g/mol. The van der Waals surface area contributed by atoms with E-state index in [9.17, 15) is 4.79 Å². The van der Waals surface area contributed by atoms with Crippen LogP contribution in [0.25, 0.3) is 0 Å². The molecule has 1 aromatic carbocycles. The summed E-state index contributed by atoms with van der Waals surface area (Å²) in [6.07, 6.45) is 0.686. The first-order valence-electron chi connectivity index (χ1n) is 3.69. The third kappa shape index (κ3) is 2.24. The van der Waals surface area contributed by atoms with Crippen molar-refractivity contribution < 1.29 is 4.79 Å². The predicted octanol–water partition coefficient (Wildman–Crippen LogP) is 2.15. The van der Waals surface area contributed by atoms with E-state index in [-0.39, 0.29) is 6.04 Å². The molecule has 3 heteroatoms. The van der Waals surface area contributed by atoms with Crippen molar-refractivity contribution >= 4 is 18.0 Å². The summed E-state index contributed by atoms with van der Waals surface area (Å²) in [5.74, 6) is 0. The van der Waals surface area contributed by atoms with Gasteiger partial charge in [-0.05, 0) is 24.6 Å². The molecular weight excluding hydrogens is 174 g/mol. The molecule has 1 atom stereocenters. The summed E-state index contributed by atoms with van der Waals surface area (Å²) in [4.78, 5) is 10.1. The van der Waals surface area contributed by atoms with E-state index in [1.165, 1.54) is 0 Å². The lowest BCUT2D eigenvalue weighted by Gasteiger charge is -2.09. The number of carbonyl (C=O) groups is 1. The van der Waals surface area contributed by atoms with Crippen LogP contribution in [0.15, 0.2) is 24.3 Å². The van der Waals surface area contributed by atoms with Crippen LogP contribution in [-0.4, -0.2) is 6.41 Å². The summed E-state index contributed by atoms with van der Waals surface area (Å²) >= 11 is 5.77. The first kappa shape index (κ1) is 9.07. The van der Waals surface area contributed by atoms with E-state index >= 15 is 0 Å². The van der Waals surface area contributed by atoms with Gasteiger partial charge in [-0.1, -0.05) is 23.7 Å². The Balaban J connectivity index is 2.80. The van der Waals surface area contributed by atoms with Gasteiger partial charge in [0, 0.05) is 5.02 Å². The highest BCUT2D eigenvalue weighted by Gasteiger charge is 2.02. The molecule has 0 unspecified atom stereocenters. The van der Waals surface area contributed by atoms with Crippen LogP contribution in [0.1, 0.15) is 18.5 Å². The van der Waals surface area contributed by atoms with Gasteiger partial charge in [0.25, 0.3) is 0 Å². The summed E-state index contributed by atoms with van der Waals surface area (Å²) < 4.78 is 0. The molecule has 0 aliphatic carbocycles. The highest BCUT2D eigenvalue weighted by atomic mass is 35.5. The second-order valence-corrected chi connectivity index (χ2v) is 3.00. The Bertz CT molecular complexity index is 275. The van der Waals surface area contributed by atoms with Crippen molar-refractivity contribution in [3.8, 4) is 0 Å². The predicted molar refractivity (Wildman–Crippen MR) is 49.1 cm³/mol. The van der Waals surface area contributed by atoms with Crippen LogP contribution in [0.3, 0.4) is 0 Å². The topological polar surface area (TPSA) is 29.1 Å². The molecule has 1 amide bonds. The fraction of sp³-hybridized carbons (Fsp3) is 0.222. The van der Waals surface area contributed by atoms with E-state index in [1.54, 1.807) is 6.07 Å². The largest absolute Gasteiger partial charge is 0.352 e. The summed E-state index contributed by atoms with van der Waals surface area (Å²) in [5, 5.41) is 3.34. The Morgan fingerprint density at radius 1 is 1.58 bits per heavy atom. The fourth-order valence-corrected chi connectivity index (χ4v) is 1.17. The Hall–Kier alpha value is -1.02. The average molecular weight is 184 g/mol. The van der Waals surface area contributed by atoms with Crippen molar-refractivity contribution in [1.29, 1.82) is 0 Å². The number of benzene rings is 1. The molecule has 2 nitrogen and oxygen atoms in total. The normalized spacial score (nSPS) is 12.2. The van der Waals surface area contributed by atoms with Gasteiger partial charge in [-0.25, -0.2) is 0 Å². The lowest BCUT2D eigenvalue weighted by Crippen LogP contribution is -2.15. The summed E-state index contributed by atoms with van der Waals surface area (Å²) in [7, 11) is 0. The van der Waals surface area contributed by atoms with E-state index in [0.717, 1.165) is 5.56 Å². The van der Waals surface area contributed by atoms with Crippen LogP contribution >= 0.6 is 11.6 Å². The van der Waals surface area contributed by atoms with E-state index < -0.39 is 0 Å². The molecule has 0 radical (unpaired) electrons. The Morgan fingerprint density at radius 3 is 2.92 bits per heavy atom. The van der Waals surface area contributed by atoms with Crippen molar-refractivity contribution in [3.05, 3.63) is 34.9 Å². The number of rotatable bonds is 3. The average Bonchev–Trinajstić information content (AvgIpc) is 2.05. The molecule has 12 heavy (non-hydrogen) atoms. The van der Waals surface area contributed by atoms with Gasteiger partial charge < -0.3 is 5.32 Å². The van der Waals surface area contributed by atoms with Crippen LogP contribution in [-0.2, 0) is 4.79 Å². The highest BCUT2D eigenvalue weighted by molar-refractivity contribution is 6.30. The lowest BCUT2D eigenvalue weighted by molar-refractivity contribution is -0.110. The van der Waals surface area contributed by atoms with Crippen molar-refractivity contribution in [2.45, 2.75) is 13.0 Å². The molecule has 1 rings (SSSR count). The molecule has 0 spiro atoms. The van der Waals surface area contributed by atoms with Crippen LogP contribution in [0.5, 0.6) is 0 Å². The third-order valence-corrected chi connectivity index (χ3v) is 1.90. The molecule has 0 aliphatic heterocycles. The number of halogens is 1. The first-order chi connectivity index (χ1) is 5.74. The highest BCUT2D eigenvalue weighted by Crippen LogP contribution is 2.16. The summed E-state index contributed by atoms with van der Waals surface area (Å²) in [5.41, 5.74) is 1.01. The Labute approximate surface area is 76.5 Å².